The van der Waals surface area contributed by atoms with Crippen molar-refractivity contribution in [2.24, 2.45) is 5.92 Å². The Morgan fingerprint density at radius 3 is 2.48 bits per heavy atom. The molecule has 1 atom stereocenters. The van der Waals surface area contributed by atoms with Crippen molar-refractivity contribution in [1.82, 2.24) is 14.7 Å². The van der Waals surface area contributed by atoms with Crippen LogP contribution in [0.1, 0.15) is 32.3 Å². The average Bonchev–Trinajstić information content (AvgIpc) is 2.72. The lowest BCUT2D eigenvalue weighted by Gasteiger charge is -2.39. The molecule has 1 aromatic carbocycles. The van der Waals surface area contributed by atoms with Crippen LogP contribution in [0.2, 0.25) is 5.02 Å². The number of halogens is 2. The molecule has 7 heteroatoms. The smallest absolute Gasteiger partial charge is 0.320 e. The van der Waals surface area contributed by atoms with Gasteiger partial charge in [0.2, 0.25) is 0 Å². The zero-order chi connectivity index (χ0) is 19.9. The Labute approximate surface area is 186 Å². The highest BCUT2D eigenvalue weighted by molar-refractivity contribution is 6.30. The monoisotopic (exact) mass is 443 g/mol. The minimum absolute atomic E-state index is 0. The first-order valence-corrected chi connectivity index (χ1v) is 11.0. The summed E-state index contributed by atoms with van der Waals surface area (Å²) >= 11 is 6.14. The van der Waals surface area contributed by atoms with Crippen molar-refractivity contribution in [2.75, 3.05) is 52.5 Å². The summed E-state index contributed by atoms with van der Waals surface area (Å²) in [7, 11) is 0. The zero-order valence-corrected chi connectivity index (χ0v) is 19.3. The number of morpholine rings is 1. The molecule has 2 saturated heterocycles. The molecule has 2 heterocycles. The Hall–Kier alpha value is -1.01. The molecule has 5 nitrogen and oxygen atoms in total. The minimum atomic E-state index is 0. The number of hydrogen-bond donors (Lipinski definition) is 0. The van der Waals surface area contributed by atoms with Crippen LogP contribution in [0.25, 0.3) is 0 Å². The molecule has 2 amide bonds. The Morgan fingerprint density at radius 2 is 1.86 bits per heavy atom. The lowest BCUT2D eigenvalue weighted by atomic mass is 9.95. The SMILES string of the molecule is CCN(CC1CCN(C(=O)N2CCOCC2)CC1)C(C)Cc1cccc(Cl)c1.Cl. The van der Waals surface area contributed by atoms with Crippen molar-refractivity contribution >= 4 is 30.0 Å². The summed E-state index contributed by atoms with van der Waals surface area (Å²) in [5.74, 6) is 0.663. The third-order valence-electron chi connectivity index (χ3n) is 6.11. The summed E-state index contributed by atoms with van der Waals surface area (Å²) in [6.45, 7) is 11.2. The van der Waals surface area contributed by atoms with Crippen molar-refractivity contribution in [1.29, 1.82) is 0 Å². The van der Waals surface area contributed by atoms with Crippen molar-refractivity contribution in [2.45, 2.75) is 39.2 Å². The van der Waals surface area contributed by atoms with E-state index in [2.05, 4.69) is 30.9 Å². The van der Waals surface area contributed by atoms with Crippen LogP contribution in [-0.4, -0.2) is 79.3 Å². The largest absolute Gasteiger partial charge is 0.378 e. The number of carbonyl (C=O) groups excluding carboxylic acids is 1. The van der Waals surface area contributed by atoms with Crippen LogP contribution < -0.4 is 0 Å². The van der Waals surface area contributed by atoms with E-state index in [1.807, 2.05) is 21.9 Å². The number of likely N-dealkylation sites (N-methyl/N-ethyl adjacent to an activating group) is 1. The van der Waals surface area contributed by atoms with Crippen LogP contribution >= 0.6 is 24.0 Å². The van der Waals surface area contributed by atoms with Crippen molar-refractivity contribution in [3.05, 3.63) is 34.9 Å². The third kappa shape index (κ3) is 7.02. The fourth-order valence-electron chi connectivity index (χ4n) is 4.35. The number of hydrogen-bond acceptors (Lipinski definition) is 3. The molecular weight excluding hydrogens is 409 g/mol. The number of ether oxygens (including phenoxy) is 1. The molecule has 1 unspecified atom stereocenters. The number of benzene rings is 1. The maximum atomic E-state index is 12.7. The highest BCUT2D eigenvalue weighted by atomic mass is 35.5. The third-order valence-corrected chi connectivity index (χ3v) is 6.34. The quantitative estimate of drug-likeness (QED) is 0.661. The van der Waals surface area contributed by atoms with Crippen LogP contribution in [0.5, 0.6) is 0 Å². The number of carbonyl (C=O) groups is 1. The highest BCUT2D eigenvalue weighted by Crippen LogP contribution is 2.22. The van der Waals surface area contributed by atoms with E-state index >= 15 is 0 Å². The molecule has 3 rings (SSSR count). The summed E-state index contributed by atoms with van der Waals surface area (Å²) in [6.07, 6.45) is 3.20. The Balaban J connectivity index is 0.00000300. The summed E-state index contributed by atoms with van der Waals surface area (Å²) < 4.78 is 5.36. The van der Waals surface area contributed by atoms with Gasteiger partial charge in [-0.3, -0.25) is 0 Å². The molecule has 0 radical (unpaired) electrons. The zero-order valence-electron chi connectivity index (χ0n) is 17.7. The van der Waals surface area contributed by atoms with E-state index < -0.39 is 0 Å². The van der Waals surface area contributed by atoms with Gasteiger partial charge in [-0.25, -0.2) is 4.79 Å². The molecule has 164 valence electrons. The van der Waals surface area contributed by atoms with Gasteiger partial charge in [0.05, 0.1) is 13.2 Å². The molecule has 0 spiro atoms. The first-order valence-electron chi connectivity index (χ1n) is 10.7. The summed E-state index contributed by atoms with van der Waals surface area (Å²) in [5, 5.41) is 0.810. The molecule has 0 bridgehead atoms. The van der Waals surface area contributed by atoms with Gasteiger partial charge < -0.3 is 19.4 Å². The molecule has 2 fully saturated rings. The van der Waals surface area contributed by atoms with Crippen LogP contribution in [0, 0.1) is 5.92 Å². The van der Waals surface area contributed by atoms with Crippen LogP contribution in [0.4, 0.5) is 4.79 Å². The molecule has 2 aliphatic heterocycles. The highest BCUT2D eigenvalue weighted by Gasteiger charge is 2.28. The Morgan fingerprint density at radius 1 is 1.21 bits per heavy atom. The molecule has 0 aromatic heterocycles. The molecule has 2 aliphatic rings. The van der Waals surface area contributed by atoms with E-state index in [0.717, 1.165) is 63.6 Å². The first-order chi connectivity index (χ1) is 13.6. The molecule has 1 aromatic rings. The van der Waals surface area contributed by atoms with Crippen LogP contribution in [0.15, 0.2) is 24.3 Å². The topological polar surface area (TPSA) is 36.0 Å². The van der Waals surface area contributed by atoms with E-state index in [9.17, 15) is 4.79 Å². The molecule has 0 N–H and O–H groups in total. The maximum absolute atomic E-state index is 12.7. The van der Waals surface area contributed by atoms with E-state index in [-0.39, 0.29) is 18.4 Å². The van der Waals surface area contributed by atoms with Gasteiger partial charge in [-0.15, -0.1) is 12.4 Å². The van der Waals surface area contributed by atoms with E-state index in [1.54, 1.807) is 0 Å². The molecule has 0 aliphatic carbocycles. The van der Waals surface area contributed by atoms with Crippen LogP contribution in [0.3, 0.4) is 0 Å². The maximum Gasteiger partial charge on any atom is 0.320 e. The van der Waals surface area contributed by atoms with Crippen molar-refractivity contribution in [3.8, 4) is 0 Å². The van der Waals surface area contributed by atoms with Crippen molar-refractivity contribution < 1.29 is 9.53 Å². The van der Waals surface area contributed by atoms with Crippen molar-refractivity contribution in [3.63, 3.8) is 0 Å². The van der Waals surface area contributed by atoms with Gasteiger partial charge in [-0.1, -0.05) is 30.7 Å². The summed E-state index contributed by atoms with van der Waals surface area (Å²) in [5.41, 5.74) is 1.30. The first kappa shape index (κ1) is 24.3. The molecule has 0 saturated carbocycles. The predicted octanol–water partition coefficient (Wildman–Crippen LogP) is 4.18. The van der Waals surface area contributed by atoms with Gasteiger partial charge in [0.15, 0.2) is 0 Å². The molecular formula is C22H35Cl2N3O2. The Kier molecular flexibility index (Phi) is 10.0. The van der Waals surface area contributed by atoms with E-state index in [0.29, 0.717) is 25.2 Å². The summed E-state index contributed by atoms with van der Waals surface area (Å²) in [4.78, 5) is 19.2. The number of nitrogens with zero attached hydrogens (tertiary/aromatic N) is 3. The average molecular weight is 444 g/mol. The second-order valence-corrected chi connectivity index (χ2v) is 8.52. The minimum Gasteiger partial charge on any atom is -0.378 e. The van der Waals surface area contributed by atoms with Gasteiger partial charge in [0.25, 0.3) is 0 Å². The number of likely N-dealkylation sites (tertiary alicyclic amines) is 1. The van der Waals surface area contributed by atoms with E-state index in [4.69, 9.17) is 16.3 Å². The van der Waals surface area contributed by atoms with Gasteiger partial charge in [-0.2, -0.15) is 0 Å². The van der Waals surface area contributed by atoms with E-state index in [1.165, 1.54) is 5.56 Å². The fraction of sp³-hybridized carbons (Fsp3) is 0.682. The standard InChI is InChI=1S/C22H34ClN3O2.ClH/c1-3-24(18(2)15-20-5-4-6-21(23)16-20)17-19-7-9-25(10-8-19)22(27)26-11-13-28-14-12-26;/h4-6,16,18-19H,3,7-15,17H2,1-2H3;1H. The van der Waals surface area contributed by atoms with Gasteiger partial charge in [0, 0.05) is 43.8 Å². The number of rotatable bonds is 6. The summed E-state index contributed by atoms with van der Waals surface area (Å²) in [6, 6.07) is 8.87. The second kappa shape index (κ2) is 12.0. The van der Waals surface area contributed by atoms with Gasteiger partial charge in [-0.05, 0) is 56.3 Å². The normalized spacial score (nSPS) is 19.2. The van der Waals surface area contributed by atoms with Crippen LogP contribution in [-0.2, 0) is 11.2 Å². The second-order valence-electron chi connectivity index (χ2n) is 8.08. The van der Waals surface area contributed by atoms with Gasteiger partial charge in [0.1, 0.15) is 0 Å². The number of urea groups is 1. The lowest BCUT2D eigenvalue weighted by molar-refractivity contribution is 0.0387. The molecule has 29 heavy (non-hydrogen) atoms. The Bertz CT molecular complexity index is 632. The fourth-order valence-corrected chi connectivity index (χ4v) is 4.56. The predicted molar refractivity (Wildman–Crippen MR) is 121 cm³/mol. The number of amides is 2. The lowest BCUT2D eigenvalue weighted by Crippen LogP contribution is -2.51. The van der Waals surface area contributed by atoms with Gasteiger partial charge >= 0.3 is 6.03 Å². The number of piperidine rings is 1.